The van der Waals surface area contributed by atoms with E-state index in [2.05, 4.69) is 5.32 Å². The van der Waals surface area contributed by atoms with E-state index in [4.69, 9.17) is 14.2 Å². The Kier molecular flexibility index (Phi) is 9.07. The summed E-state index contributed by atoms with van der Waals surface area (Å²) in [6.07, 6.45) is 0. The van der Waals surface area contributed by atoms with Gasteiger partial charge >= 0.3 is 5.97 Å². The maximum absolute atomic E-state index is 13.3. The highest BCUT2D eigenvalue weighted by Crippen LogP contribution is 2.36. The van der Waals surface area contributed by atoms with Gasteiger partial charge in [-0.25, -0.2) is 4.79 Å². The van der Waals surface area contributed by atoms with E-state index in [1.807, 2.05) is 4.90 Å². The van der Waals surface area contributed by atoms with Crippen molar-refractivity contribution in [1.82, 2.24) is 15.1 Å². The number of carbonyl (C=O) groups is 3. The summed E-state index contributed by atoms with van der Waals surface area (Å²) >= 11 is 1.27. The van der Waals surface area contributed by atoms with Gasteiger partial charge in [-0.05, 0) is 24.6 Å². The molecule has 2 unspecified atom stereocenters. The maximum atomic E-state index is 13.3. The summed E-state index contributed by atoms with van der Waals surface area (Å²) in [5.74, 6) is -1.26. The Labute approximate surface area is 206 Å². The molecule has 35 heavy (non-hydrogen) atoms. The number of hydrogen-bond acceptors (Lipinski definition) is 10. The molecule has 2 aliphatic rings. The van der Waals surface area contributed by atoms with Crippen molar-refractivity contribution in [2.45, 2.75) is 31.9 Å². The van der Waals surface area contributed by atoms with Crippen LogP contribution in [0.4, 0.5) is 5.69 Å². The molecule has 1 N–H and O–H groups in total. The van der Waals surface area contributed by atoms with Gasteiger partial charge in [-0.1, -0.05) is 0 Å². The summed E-state index contributed by atoms with van der Waals surface area (Å²) in [5, 5.41) is 12.9. The average molecular weight is 509 g/mol. The van der Waals surface area contributed by atoms with Crippen LogP contribution in [0, 0.1) is 10.1 Å². The summed E-state index contributed by atoms with van der Waals surface area (Å²) in [5.41, 5.74) is 1.12. The number of thioether (sulfide) groups is 1. The second-order valence-electron chi connectivity index (χ2n) is 7.88. The fourth-order valence-electron chi connectivity index (χ4n) is 3.76. The van der Waals surface area contributed by atoms with Gasteiger partial charge in [-0.2, -0.15) is 0 Å². The predicted octanol–water partition coefficient (Wildman–Crippen LogP) is 1.21. The zero-order chi connectivity index (χ0) is 25.5. The van der Waals surface area contributed by atoms with Crippen molar-refractivity contribution in [2.24, 2.45) is 0 Å². The van der Waals surface area contributed by atoms with E-state index in [-0.39, 0.29) is 29.8 Å². The summed E-state index contributed by atoms with van der Waals surface area (Å²) in [6.45, 7) is 4.96. The van der Waals surface area contributed by atoms with Crippen LogP contribution in [0.25, 0.3) is 0 Å². The minimum atomic E-state index is -0.803. The molecule has 2 aliphatic heterocycles. The van der Waals surface area contributed by atoms with Gasteiger partial charge in [-0.3, -0.25) is 24.6 Å². The number of esters is 1. The topological polar surface area (TPSA) is 141 Å². The fraction of sp³-hybridized carbons (Fsp3) is 0.500. The lowest BCUT2D eigenvalue weighted by molar-refractivity contribution is -0.384. The number of allylic oxidation sites excluding steroid dienone is 1. The molecule has 0 saturated carbocycles. The quantitative estimate of drug-likeness (QED) is 0.122. The maximum Gasteiger partial charge on any atom is 0.357 e. The molecule has 1 aromatic carbocycles. The van der Waals surface area contributed by atoms with Gasteiger partial charge in [0.05, 0.1) is 24.1 Å². The molecule has 2 saturated heterocycles. The molecule has 190 valence electrons. The van der Waals surface area contributed by atoms with Crippen LogP contribution in [0.3, 0.4) is 0 Å². The first kappa shape index (κ1) is 26.4. The van der Waals surface area contributed by atoms with E-state index in [1.165, 1.54) is 55.0 Å². The Morgan fingerprint density at radius 3 is 2.46 bits per heavy atom. The van der Waals surface area contributed by atoms with E-state index in [1.54, 1.807) is 6.92 Å². The number of benzene rings is 1. The van der Waals surface area contributed by atoms with Crippen molar-refractivity contribution in [2.75, 3.05) is 39.4 Å². The van der Waals surface area contributed by atoms with Crippen molar-refractivity contribution >= 4 is 35.2 Å². The van der Waals surface area contributed by atoms with Crippen LogP contribution >= 0.6 is 11.8 Å². The van der Waals surface area contributed by atoms with Gasteiger partial charge < -0.3 is 24.4 Å². The molecule has 0 bridgehead atoms. The van der Waals surface area contributed by atoms with Crippen LogP contribution in [0.15, 0.2) is 35.7 Å². The molecular formula is C22H28N4O8S. The number of likely N-dealkylation sites (tertiary alicyclic amines) is 1. The number of hydrogen-bond donors (Lipinski definition) is 1. The molecule has 13 heteroatoms. The minimum absolute atomic E-state index is 0.0722. The molecule has 0 aromatic heterocycles. The van der Waals surface area contributed by atoms with Crippen LogP contribution in [0.5, 0.6) is 0 Å². The van der Waals surface area contributed by atoms with E-state index >= 15 is 0 Å². The Morgan fingerprint density at radius 2 is 1.89 bits per heavy atom. The number of nitro benzene ring substituents is 1. The Morgan fingerprint density at radius 1 is 1.23 bits per heavy atom. The number of nitro groups is 1. The first-order valence-electron chi connectivity index (χ1n) is 10.9. The van der Waals surface area contributed by atoms with Crippen molar-refractivity contribution in [3.63, 3.8) is 0 Å². The van der Waals surface area contributed by atoms with Crippen LogP contribution in [0.2, 0.25) is 0 Å². The zero-order valence-electron chi connectivity index (χ0n) is 19.7. The number of nitrogens with zero attached hydrogens (tertiary/aromatic N) is 3. The van der Waals surface area contributed by atoms with E-state index in [9.17, 15) is 24.5 Å². The number of rotatable bonds is 10. The lowest BCUT2D eigenvalue weighted by atomic mass is 10.0. The summed E-state index contributed by atoms with van der Waals surface area (Å²) in [7, 11) is 1.51. The van der Waals surface area contributed by atoms with E-state index in [0.29, 0.717) is 37.6 Å². The van der Waals surface area contributed by atoms with Gasteiger partial charge in [-0.15, -0.1) is 11.8 Å². The van der Waals surface area contributed by atoms with Crippen molar-refractivity contribution < 1.29 is 33.5 Å². The first-order valence-corrected chi connectivity index (χ1v) is 11.9. The van der Waals surface area contributed by atoms with Gasteiger partial charge in [0.15, 0.2) is 0 Å². The van der Waals surface area contributed by atoms with E-state index in [0.717, 1.165) is 0 Å². The predicted molar refractivity (Wildman–Crippen MR) is 126 cm³/mol. The van der Waals surface area contributed by atoms with Crippen molar-refractivity contribution in [3.8, 4) is 0 Å². The third-order valence-electron chi connectivity index (χ3n) is 5.54. The number of morpholine rings is 1. The van der Waals surface area contributed by atoms with Gasteiger partial charge in [0.25, 0.3) is 11.6 Å². The number of methoxy groups -OCH3 is 1. The molecule has 0 radical (unpaired) electrons. The fourth-order valence-corrected chi connectivity index (χ4v) is 4.77. The monoisotopic (exact) mass is 508 g/mol. The third-order valence-corrected chi connectivity index (χ3v) is 6.73. The smallest absolute Gasteiger partial charge is 0.357 e. The SMILES string of the molecule is COCSC1C(NC(C)=O)C(=O)N1C(C(=O)OCc1ccc([N+](=O)[O-])cc1)=C(C)N1CCOCC1. The Bertz CT molecular complexity index is 994. The molecule has 1 aromatic rings. The highest BCUT2D eigenvalue weighted by atomic mass is 32.2. The van der Waals surface area contributed by atoms with Crippen LogP contribution < -0.4 is 5.32 Å². The molecule has 2 heterocycles. The number of ether oxygens (including phenoxy) is 3. The number of β-lactam (4-membered cyclic amide) rings is 1. The normalized spacial score (nSPS) is 20.6. The Hall–Kier alpha value is -3.16. The first-order chi connectivity index (χ1) is 16.7. The van der Waals surface area contributed by atoms with Crippen molar-refractivity contribution in [1.29, 1.82) is 0 Å². The lowest BCUT2D eigenvalue weighted by Crippen LogP contribution is -2.69. The van der Waals surface area contributed by atoms with Crippen molar-refractivity contribution in [3.05, 3.63) is 51.3 Å². The summed E-state index contributed by atoms with van der Waals surface area (Å²) in [6, 6.07) is 4.86. The highest BCUT2D eigenvalue weighted by Gasteiger charge is 2.52. The Balaban J connectivity index is 1.86. The lowest BCUT2D eigenvalue weighted by Gasteiger charge is -2.47. The molecule has 12 nitrogen and oxygen atoms in total. The molecular weight excluding hydrogens is 480 g/mol. The van der Waals surface area contributed by atoms with Gasteiger partial charge in [0, 0.05) is 45.0 Å². The van der Waals surface area contributed by atoms with Gasteiger partial charge in [0.2, 0.25) is 5.91 Å². The number of nitrogens with one attached hydrogen (secondary N) is 1. The van der Waals surface area contributed by atoms with Crippen LogP contribution in [-0.4, -0.2) is 83.3 Å². The standard InChI is InChI=1S/C22H28N4O8S/c1-14(24-8-10-33-11-9-24)19(22(29)34-12-16-4-6-17(7-5-16)26(30)31)25-20(28)18(23-15(2)27)21(25)35-13-32-3/h4-7,18,21H,8-13H2,1-3H3,(H,23,27). The minimum Gasteiger partial charge on any atom is -0.456 e. The molecule has 2 amide bonds. The molecule has 0 aliphatic carbocycles. The second kappa shape index (κ2) is 12.0. The third kappa shape index (κ3) is 6.29. The molecule has 2 fully saturated rings. The van der Waals surface area contributed by atoms with Gasteiger partial charge in [0.1, 0.15) is 23.7 Å². The van der Waals surface area contributed by atoms with E-state index < -0.39 is 28.2 Å². The van der Waals surface area contributed by atoms with Crippen LogP contribution in [-0.2, 0) is 35.2 Å². The molecule has 2 atom stereocenters. The number of non-ortho nitro benzene ring substituents is 1. The molecule has 3 rings (SSSR count). The zero-order valence-corrected chi connectivity index (χ0v) is 20.5. The van der Waals surface area contributed by atoms with Crippen LogP contribution in [0.1, 0.15) is 19.4 Å². The number of carbonyl (C=O) groups excluding carboxylic acids is 3. The molecule has 0 spiro atoms. The average Bonchev–Trinajstić information content (AvgIpc) is 2.86. The largest absolute Gasteiger partial charge is 0.456 e. The second-order valence-corrected chi connectivity index (χ2v) is 8.94. The summed E-state index contributed by atoms with van der Waals surface area (Å²) < 4.78 is 16.1. The number of amides is 2. The highest BCUT2D eigenvalue weighted by molar-refractivity contribution is 7.99. The summed E-state index contributed by atoms with van der Waals surface area (Å²) in [4.78, 5) is 51.7.